The minimum atomic E-state index is -0.935. The van der Waals surface area contributed by atoms with Crippen molar-refractivity contribution in [3.63, 3.8) is 0 Å². The summed E-state index contributed by atoms with van der Waals surface area (Å²) in [4.78, 5) is 21.6. The smallest absolute Gasteiger partial charge is 0.330 e. The molecule has 0 bridgehead atoms. The Bertz CT molecular complexity index is 1010. The Morgan fingerprint density at radius 1 is 0.588 bits per heavy atom. The maximum absolute atomic E-state index is 9.60. The van der Waals surface area contributed by atoms with Crippen LogP contribution in [0.3, 0.4) is 0 Å². The van der Waals surface area contributed by atoms with Gasteiger partial charge in [0, 0.05) is 28.2 Å². The molecule has 34 heavy (non-hydrogen) atoms. The number of aliphatic carboxylic acids is 2. The van der Waals surface area contributed by atoms with Crippen LogP contribution in [0.1, 0.15) is 30.5 Å². The largest absolute Gasteiger partial charge is 0.478 e. The Labute approximate surface area is 202 Å². The van der Waals surface area contributed by atoms with E-state index >= 15 is 0 Å². The van der Waals surface area contributed by atoms with Crippen molar-refractivity contribution in [3.05, 3.63) is 114 Å². The van der Waals surface area contributed by atoms with Gasteiger partial charge in [-0.1, -0.05) is 67.8 Å². The summed E-state index contributed by atoms with van der Waals surface area (Å²) < 4.78 is 0. The van der Waals surface area contributed by atoms with Crippen LogP contribution in [0.25, 0.3) is 0 Å². The van der Waals surface area contributed by atoms with Crippen molar-refractivity contribution in [3.8, 4) is 0 Å². The number of benzene rings is 3. The van der Waals surface area contributed by atoms with E-state index in [9.17, 15) is 9.59 Å². The third-order valence-electron chi connectivity index (χ3n) is 4.80. The quantitative estimate of drug-likeness (QED) is 0.389. The van der Waals surface area contributed by atoms with Crippen LogP contribution in [0.15, 0.2) is 97.1 Å². The second kappa shape index (κ2) is 13.4. The van der Waals surface area contributed by atoms with Gasteiger partial charge in [0.15, 0.2) is 0 Å². The predicted octanol–water partition coefficient (Wildman–Crippen LogP) is 7.38. The summed E-state index contributed by atoms with van der Waals surface area (Å²) in [6, 6.07) is 25.6. The van der Waals surface area contributed by atoms with Crippen molar-refractivity contribution in [1.29, 1.82) is 0 Å². The highest BCUT2D eigenvalue weighted by Gasteiger charge is 2.16. The molecule has 0 aliphatic rings. The van der Waals surface area contributed by atoms with E-state index in [4.69, 9.17) is 10.2 Å². The van der Waals surface area contributed by atoms with Crippen LogP contribution in [-0.2, 0) is 9.59 Å². The maximum Gasteiger partial charge on any atom is 0.330 e. The van der Waals surface area contributed by atoms with Crippen LogP contribution < -0.4 is 4.90 Å². The highest BCUT2D eigenvalue weighted by molar-refractivity contribution is 5.85. The number of carboxylic acid groups (broad SMARTS) is 2. The maximum atomic E-state index is 9.60. The van der Waals surface area contributed by atoms with Crippen LogP contribution in [0.4, 0.5) is 17.1 Å². The lowest BCUT2D eigenvalue weighted by atomic mass is 10.1. The average Bonchev–Trinajstić information content (AvgIpc) is 2.78. The molecule has 0 atom stereocenters. The third kappa shape index (κ3) is 8.43. The Kier molecular flexibility index (Phi) is 11.0. The first-order chi connectivity index (χ1) is 16.0. The monoisotopic (exact) mass is 459 g/mol. The van der Waals surface area contributed by atoms with Gasteiger partial charge in [-0.15, -0.1) is 0 Å². The van der Waals surface area contributed by atoms with Gasteiger partial charge >= 0.3 is 11.9 Å². The molecular formula is C29H33NO4. The summed E-state index contributed by atoms with van der Waals surface area (Å²) in [5.41, 5.74) is 7.85. The number of anilines is 3. The van der Waals surface area contributed by atoms with E-state index in [1.807, 2.05) is 0 Å². The van der Waals surface area contributed by atoms with Gasteiger partial charge in [-0.2, -0.15) is 0 Å². The number of para-hydroxylation sites is 3. The summed E-state index contributed by atoms with van der Waals surface area (Å²) in [6.45, 7) is 15.7. The molecule has 5 nitrogen and oxygen atoms in total. The first-order valence-corrected chi connectivity index (χ1v) is 10.7. The molecule has 3 aromatic carbocycles. The molecule has 0 heterocycles. The number of hydrogen-bond acceptors (Lipinski definition) is 3. The minimum Gasteiger partial charge on any atom is -0.478 e. The summed E-state index contributed by atoms with van der Waals surface area (Å²) in [5, 5.41) is 15.8. The Morgan fingerprint density at radius 2 is 0.794 bits per heavy atom. The van der Waals surface area contributed by atoms with Crippen LogP contribution in [-0.4, -0.2) is 22.2 Å². The lowest BCUT2D eigenvalue weighted by Crippen LogP contribution is -2.13. The molecule has 0 aliphatic carbocycles. The molecule has 0 aromatic heterocycles. The van der Waals surface area contributed by atoms with E-state index < -0.39 is 11.9 Å². The van der Waals surface area contributed by atoms with Gasteiger partial charge in [0.2, 0.25) is 0 Å². The molecule has 0 saturated carbocycles. The summed E-state index contributed by atoms with van der Waals surface area (Å²) in [5.74, 6) is -1.87. The van der Waals surface area contributed by atoms with E-state index in [0.717, 1.165) is 0 Å². The molecule has 0 unspecified atom stereocenters. The fourth-order valence-electron chi connectivity index (χ4n) is 2.83. The molecule has 0 fully saturated rings. The second-order valence-electron chi connectivity index (χ2n) is 7.87. The van der Waals surface area contributed by atoms with Crippen LogP contribution in [0, 0.1) is 20.8 Å². The number of carboxylic acids is 2. The number of rotatable bonds is 5. The van der Waals surface area contributed by atoms with Gasteiger partial charge in [0.1, 0.15) is 0 Å². The van der Waals surface area contributed by atoms with Gasteiger partial charge in [-0.25, -0.2) is 9.59 Å². The van der Waals surface area contributed by atoms with E-state index in [-0.39, 0.29) is 11.1 Å². The molecule has 0 radical (unpaired) electrons. The number of carbonyl (C=O) groups is 2. The van der Waals surface area contributed by atoms with Gasteiger partial charge < -0.3 is 15.1 Å². The van der Waals surface area contributed by atoms with Crippen LogP contribution >= 0.6 is 0 Å². The number of aryl methyl sites for hydroxylation is 3. The molecule has 0 saturated heterocycles. The van der Waals surface area contributed by atoms with E-state index in [1.165, 1.54) is 47.6 Å². The first-order valence-electron chi connectivity index (χ1n) is 10.7. The zero-order valence-corrected chi connectivity index (χ0v) is 20.5. The highest BCUT2D eigenvalue weighted by Crippen LogP contribution is 2.39. The van der Waals surface area contributed by atoms with Crippen LogP contribution in [0.5, 0.6) is 0 Å². The Balaban J connectivity index is 0.000000401. The second-order valence-corrected chi connectivity index (χ2v) is 7.87. The van der Waals surface area contributed by atoms with Crippen molar-refractivity contribution in [2.24, 2.45) is 0 Å². The molecule has 2 N–H and O–H groups in total. The molecule has 0 aliphatic heterocycles. The molecule has 178 valence electrons. The average molecular weight is 460 g/mol. The highest BCUT2D eigenvalue weighted by atomic mass is 16.4. The third-order valence-corrected chi connectivity index (χ3v) is 4.80. The summed E-state index contributed by atoms with van der Waals surface area (Å²) in [6.07, 6.45) is 0. The molecule has 3 rings (SSSR count). The zero-order chi connectivity index (χ0) is 25.8. The molecule has 5 heteroatoms. The van der Waals surface area contributed by atoms with E-state index in [2.05, 4.69) is 112 Å². The number of hydrogen-bond donors (Lipinski definition) is 2. The summed E-state index contributed by atoms with van der Waals surface area (Å²) >= 11 is 0. The molecule has 0 amide bonds. The fraction of sp³-hybridized carbons (Fsp3) is 0.172. The van der Waals surface area contributed by atoms with E-state index in [0.29, 0.717) is 0 Å². The normalized spacial score (nSPS) is 9.44. The molecule has 0 spiro atoms. The number of nitrogens with zero attached hydrogens (tertiary/aromatic N) is 1. The predicted molar refractivity (Wildman–Crippen MR) is 140 cm³/mol. The van der Waals surface area contributed by atoms with Crippen molar-refractivity contribution in [2.75, 3.05) is 4.90 Å². The van der Waals surface area contributed by atoms with Gasteiger partial charge in [-0.3, -0.25) is 0 Å². The topological polar surface area (TPSA) is 77.8 Å². The van der Waals surface area contributed by atoms with Crippen LogP contribution in [0.2, 0.25) is 0 Å². The lowest BCUT2D eigenvalue weighted by Gasteiger charge is -2.29. The van der Waals surface area contributed by atoms with E-state index in [1.54, 1.807) is 0 Å². The Hall–Kier alpha value is -4.12. The SMILES string of the molecule is C=C(C)C(=O)O.C=C(C)C(=O)O.Cc1ccccc1N(c1ccccc1C)c1ccccc1C. The Morgan fingerprint density at radius 3 is 0.971 bits per heavy atom. The fourth-order valence-corrected chi connectivity index (χ4v) is 2.83. The van der Waals surface area contributed by atoms with Gasteiger partial charge in [0.05, 0.1) is 0 Å². The van der Waals surface area contributed by atoms with Crippen molar-refractivity contribution in [1.82, 2.24) is 0 Å². The van der Waals surface area contributed by atoms with Crippen molar-refractivity contribution in [2.45, 2.75) is 34.6 Å². The molecule has 3 aromatic rings. The van der Waals surface area contributed by atoms with Gasteiger partial charge in [0.25, 0.3) is 0 Å². The summed E-state index contributed by atoms with van der Waals surface area (Å²) in [7, 11) is 0. The standard InChI is InChI=1S/C21H21N.2C4H6O2/c1-16-10-4-7-13-19(16)22(20-14-8-5-11-17(20)2)21-15-9-6-12-18(21)3;2*1-3(2)4(5)6/h4-15H,1-3H3;2*1H2,2H3,(H,5,6). The molecular weight excluding hydrogens is 426 g/mol. The van der Waals surface area contributed by atoms with Crippen molar-refractivity contribution >= 4 is 29.0 Å². The lowest BCUT2D eigenvalue weighted by molar-refractivity contribution is -0.133. The first kappa shape index (κ1) is 27.9. The zero-order valence-electron chi connectivity index (χ0n) is 20.5. The minimum absolute atomic E-state index is 0.176. The van der Waals surface area contributed by atoms with Gasteiger partial charge in [-0.05, 0) is 69.5 Å². The van der Waals surface area contributed by atoms with Crippen molar-refractivity contribution < 1.29 is 19.8 Å².